The van der Waals surface area contributed by atoms with Crippen molar-refractivity contribution in [1.82, 2.24) is 4.90 Å². The Hall–Kier alpha value is -1.65. The number of fused-ring (bicyclic) bond motifs is 1. The summed E-state index contributed by atoms with van der Waals surface area (Å²) in [4.78, 5) is 28.2. The molecule has 0 aromatic heterocycles. The van der Waals surface area contributed by atoms with Crippen LogP contribution in [0.1, 0.15) is 64.7 Å². The fourth-order valence-electron chi connectivity index (χ4n) is 8.12. The van der Waals surface area contributed by atoms with Crippen LogP contribution in [0.4, 0.5) is 0 Å². The van der Waals surface area contributed by atoms with Gasteiger partial charge in [0.05, 0.1) is 12.1 Å². The lowest BCUT2D eigenvalue weighted by Crippen LogP contribution is -2.66. The van der Waals surface area contributed by atoms with Crippen LogP contribution in [0, 0.1) is 40.4 Å². The number of hydrogen-bond donors (Lipinski definition) is 2. The van der Waals surface area contributed by atoms with Crippen LogP contribution in [0.25, 0.3) is 0 Å². The van der Waals surface area contributed by atoms with Crippen LogP contribution in [0.2, 0.25) is 0 Å². The van der Waals surface area contributed by atoms with Crippen molar-refractivity contribution < 1.29 is 14.3 Å². The Morgan fingerprint density at radius 1 is 1.17 bits per heavy atom. The average molecular weight is 413 g/mol. The quantitative estimate of drug-likeness (QED) is 0.674. The Bertz CT molecular complexity index is 847. The molecule has 4 bridgehead atoms. The molecule has 30 heavy (non-hydrogen) atoms. The Kier molecular flexibility index (Phi) is 3.67. The molecular weight excluding hydrogens is 380 g/mol. The van der Waals surface area contributed by atoms with Crippen molar-refractivity contribution in [2.24, 2.45) is 40.6 Å². The number of esters is 1. The molecule has 1 amide bonds. The van der Waals surface area contributed by atoms with Gasteiger partial charge in [0.2, 0.25) is 5.91 Å². The third-order valence-electron chi connectivity index (χ3n) is 9.55. The number of amides is 1. The van der Waals surface area contributed by atoms with Gasteiger partial charge >= 0.3 is 5.97 Å². The number of nitriles is 1. The van der Waals surface area contributed by atoms with Crippen molar-refractivity contribution >= 4 is 11.9 Å². The van der Waals surface area contributed by atoms with E-state index in [1.54, 1.807) is 0 Å². The molecule has 6 aliphatic carbocycles. The highest BCUT2D eigenvalue weighted by Gasteiger charge is 2.66. The van der Waals surface area contributed by atoms with E-state index in [1.807, 2.05) is 4.90 Å². The van der Waals surface area contributed by atoms with E-state index >= 15 is 0 Å². The maximum Gasteiger partial charge on any atom is 0.326 e. The smallest absolute Gasteiger partial charge is 0.326 e. The summed E-state index contributed by atoms with van der Waals surface area (Å²) in [7, 11) is 0. The molecule has 1 heterocycles. The molecule has 7 rings (SSSR count). The van der Waals surface area contributed by atoms with Gasteiger partial charge < -0.3 is 21.1 Å². The zero-order valence-corrected chi connectivity index (χ0v) is 17.7. The van der Waals surface area contributed by atoms with Crippen molar-refractivity contribution in [3.63, 3.8) is 0 Å². The Morgan fingerprint density at radius 3 is 2.43 bits per heavy atom. The van der Waals surface area contributed by atoms with Gasteiger partial charge in [-0.3, -0.25) is 9.59 Å². The summed E-state index contributed by atoms with van der Waals surface area (Å²) >= 11 is 0. The second-order valence-corrected chi connectivity index (χ2v) is 11.7. The molecule has 1 saturated heterocycles. The summed E-state index contributed by atoms with van der Waals surface area (Å²) in [5.41, 5.74) is 11.2. The second-order valence-electron chi connectivity index (χ2n) is 11.7. The van der Waals surface area contributed by atoms with Crippen molar-refractivity contribution in [2.45, 2.75) is 94.0 Å². The summed E-state index contributed by atoms with van der Waals surface area (Å²) in [6.45, 7) is 2.16. The molecule has 7 fully saturated rings. The molecule has 7 aliphatic rings. The normalized spacial score (nSPS) is 49.9. The van der Waals surface area contributed by atoms with Crippen molar-refractivity contribution in [3.8, 4) is 6.07 Å². The number of rotatable bonds is 4. The molecular formula is C23H32N4O3. The molecule has 4 N–H and O–H groups in total. The fraction of sp³-hybridized carbons (Fsp3) is 0.870. The number of ether oxygens (including phenoxy) is 1. The highest BCUT2D eigenvalue weighted by Crippen LogP contribution is 2.64. The molecule has 0 spiro atoms. The topological polar surface area (TPSA) is 122 Å². The minimum absolute atomic E-state index is 0.0562. The number of nitrogens with zero attached hydrogens (tertiary/aromatic N) is 2. The number of carbonyl (C=O) groups excluding carboxylic acids is 2. The van der Waals surface area contributed by atoms with Crippen molar-refractivity contribution in [3.05, 3.63) is 0 Å². The van der Waals surface area contributed by atoms with Gasteiger partial charge in [-0.15, -0.1) is 0 Å². The zero-order chi connectivity index (χ0) is 21.1. The van der Waals surface area contributed by atoms with Crippen LogP contribution in [0.3, 0.4) is 0 Å². The van der Waals surface area contributed by atoms with E-state index in [-0.39, 0.29) is 29.4 Å². The molecule has 1 aliphatic heterocycles. The third-order valence-corrected chi connectivity index (χ3v) is 9.55. The van der Waals surface area contributed by atoms with Gasteiger partial charge in [0.25, 0.3) is 0 Å². The number of carbonyl (C=O) groups is 2. The van der Waals surface area contributed by atoms with E-state index in [2.05, 4.69) is 13.0 Å². The van der Waals surface area contributed by atoms with Gasteiger partial charge in [-0.2, -0.15) is 5.26 Å². The first-order chi connectivity index (χ1) is 14.2. The van der Waals surface area contributed by atoms with Crippen LogP contribution in [0.5, 0.6) is 0 Å². The molecule has 7 unspecified atom stereocenters. The third kappa shape index (κ3) is 2.50. The molecule has 7 nitrogen and oxygen atoms in total. The van der Waals surface area contributed by atoms with Gasteiger partial charge in [0.1, 0.15) is 17.2 Å². The Balaban J connectivity index is 1.27. The Labute approximate surface area is 177 Å². The van der Waals surface area contributed by atoms with Crippen LogP contribution in [-0.4, -0.2) is 46.0 Å². The second kappa shape index (κ2) is 5.77. The molecule has 0 aromatic rings. The van der Waals surface area contributed by atoms with Crippen molar-refractivity contribution in [1.29, 1.82) is 5.26 Å². The van der Waals surface area contributed by atoms with Gasteiger partial charge in [0.15, 0.2) is 0 Å². The fourth-order valence-corrected chi connectivity index (χ4v) is 8.12. The van der Waals surface area contributed by atoms with Gasteiger partial charge in [-0.1, -0.05) is 6.92 Å². The largest absolute Gasteiger partial charge is 0.458 e. The monoisotopic (exact) mass is 412 g/mol. The lowest BCUT2D eigenvalue weighted by Gasteiger charge is -2.62. The van der Waals surface area contributed by atoms with E-state index in [9.17, 15) is 14.9 Å². The van der Waals surface area contributed by atoms with Crippen LogP contribution < -0.4 is 11.5 Å². The molecule has 162 valence electrons. The minimum atomic E-state index is -0.791. The Morgan fingerprint density at radius 2 is 1.83 bits per heavy atom. The van der Waals surface area contributed by atoms with Gasteiger partial charge in [-0.05, 0) is 86.9 Å². The van der Waals surface area contributed by atoms with Gasteiger partial charge in [0, 0.05) is 6.04 Å². The van der Waals surface area contributed by atoms with E-state index in [1.165, 1.54) is 0 Å². The summed E-state index contributed by atoms with van der Waals surface area (Å²) in [6, 6.07) is 1.54. The lowest BCUT2D eigenvalue weighted by molar-refractivity contribution is -0.207. The summed E-state index contributed by atoms with van der Waals surface area (Å²) < 4.78 is 6.15. The number of likely N-dealkylation sites (tertiary alicyclic amines) is 1. The standard InChI is InChI=1S/C23H32N4O3/c1-12-16-5-15(10-24)27(17(12)16)19(28)18(25)21-6-13-4-14(7-21)9-22(8-13,11-21)30-20(29)23(26)2-3-23/h12-18H,2-9,11,25-26H2,1H3. The first-order valence-electron chi connectivity index (χ1n) is 11.7. The first-order valence-corrected chi connectivity index (χ1v) is 11.7. The highest BCUT2D eigenvalue weighted by molar-refractivity contribution is 5.85. The molecule has 0 aromatic carbocycles. The molecule has 6 saturated carbocycles. The number of piperidine rings is 1. The van der Waals surface area contributed by atoms with Crippen LogP contribution in [-0.2, 0) is 14.3 Å². The first kappa shape index (κ1) is 19.1. The zero-order valence-electron chi connectivity index (χ0n) is 17.7. The van der Waals surface area contributed by atoms with E-state index in [4.69, 9.17) is 16.2 Å². The summed E-state index contributed by atoms with van der Waals surface area (Å²) in [5.74, 6) is 1.49. The lowest BCUT2D eigenvalue weighted by atomic mass is 9.46. The van der Waals surface area contributed by atoms with E-state index < -0.39 is 17.2 Å². The summed E-state index contributed by atoms with van der Waals surface area (Å²) in [5, 5.41) is 9.59. The SMILES string of the molecule is CC1C2CC(C#N)N(C(=O)C(N)C34CC5CC(CC(OC(=O)C6(N)CC6)(C5)C3)C4)C12. The number of hydrogen-bond acceptors (Lipinski definition) is 6. The molecule has 7 heteroatoms. The van der Waals surface area contributed by atoms with Crippen LogP contribution in [0.15, 0.2) is 0 Å². The maximum atomic E-state index is 13.6. The van der Waals surface area contributed by atoms with E-state index in [0.717, 1.165) is 38.5 Å². The predicted molar refractivity (Wildman–Crippen MR) is 107 cm³/mol. The highest BCUT2D eigenvalue weighted by atomic mass is 16.6. The minimum Gasteiger partial charge on any atom is -0.458 e. The van der Waals surface area contributed by atoms with E-state index in [0.29, 0.717) is 42.9 Å². The summed E-state index contributed by atoms with van der Waals surface area (Å²) in [6.07, 6.45) is 7.58. The maximum absolute atomic E-state index is 13.6. The molecule has 7 atom stereocenters. The average Bonchev–Trinajstić information content (AvgIpc) is 3.53. The number of nitrogens with two attached hydrogens (primary N) is 2. The van der Waals surface area contributed by atoms with Crippen molar-refractivity contribution in [2.75, 3.05) is 0 Å². The predicted octanol–water partition coefficient (Wildman–Crippen LogP) is 1.45. The van der Waals surface area contributed by atoms with Crippen LogP contribution >= 0.6 is 0 Å². The molecule has 0 radical (unpaired) electrons. The van der Waals surface area contributed by atoms with Gasteiger partial charge in [-0.25, -0.2) is 0 Å².